The van der Waals surface area contributed by atoms with Gasteiger partial charge in [-0.2, -0.15) is 0 Å². The van der Waals surface area contributed by atoms with Crippen molar-refractivity contribution in [3.05, 3.63) is 60.8 Å². The zero-order valence-corrected chi connectivity index (χ0v) is 11.0. The van der Waals surface area contributed by atoms with Gasteiger partial charge in [0.05, 0.1) is 0 Å². The van der Waals surface area contributed by atoms with E-state index in [0.717, 1.165) is 17.1 Å². The summed E-state index contributed by atoms with van der Waals surface area (Å²) in [7, 11) is 0. The average molecular weight is 228 g/mol. The molecule has 0 N–H and O–H groups in total. The zero-order chi connectivity index (χ0) is 12.5. The van der Waals surface area contributed by atoms with Gasteiger partial charge in [-0.15, -0.1) is 0 Å². The van der Waals surface area contributed by atoms with Crippen LogP contribution in [0, 0.1) is 5.92 Å². The molecule has 0 atom stereocenters. The Kier molecular flexibility index (Phi) is 6.39. The Labute approximate surface area is 106 Å². The van der Waals surface area contributed by atoms with E-state index in [9.17, 15) is 0 Å². The highest BCUT2D eigenvalue weighted by molar-refractivity contribution is 5.36. The molecule has 0 saturated heterocycles. The minimum Gasteiger partial charge on any atom is -0.0985 e. The molecule has 0 heteroatoms. The molecule has 0 aromatic heterocycles. The van der Waals surface area contributed by atoms with E-state index in [0.29, 0.717) is 0 Å². The van der Waals surface area contributed by atoms with E-state index >= 15 is 0 Å². The molecule has 1 rings (SSSR count). The molecule has 92 valence electrons. The molecular weight excluding hydrogens is 204 g/mol. The zero-order valence-electron chi connectivity index (χ0n) is 11.0. The summed E-state index contributed by atoms with van der Waals surface area (Å²) in [5.41, 5.74) is 2.19. The standard InChI is InChI=1S/C17H24/c1-4-16(5-2)12-11-15(3)9-7-6-8-10-17-13-14-17/h4-5,7,9,11-12,17H,1,3,6,8,10,13-14H2,2H3/b9-7+,12-11-,16-5-. The monoisotopic (exact) mass is 228 g/mol. The van der Waals surface area contributed by atoms with Gasteiger partial charge in [-0.3, -0.25) is 0 Å². The van der Waals surface area contributed by atoms with Crippen LogP contribution in [0.2, 0.25) is 0 Å². The molecule has 1 aliphatic rings. The molecule has 0 bridgehead atoms. The summed E-state index contributed by atoms with van der Waals surface area (Å²) >= 11 is 0. The predicted octanol–water partition coefficient (Wildman–Crippen LogP) is 5.37. The fourth-order valence-electron chi connectivity index (χ4n) is 1.71. The number of unbranched alkanes of at least 4 members (excludes halogenated alkanes) is 1. The molecule has 1 fully saturated rings. The van der Waals surface area contributed by atoms with Crippen LogP contribution in [-0.4, -0.2) is 0 Å². The van der Waals surface area contributed by atoms with Crippen LogP contribution in [0.5, 0.6) is 0 Å². The topological polar surface area (TPSA) is 0 Å². The molecule has 0 aliphatic heterocycles. The van der Waals surface area contributed by atoms with E-state index < -0.39 is 0 Å². The summed E-state index contributed by atoms with van der Waals surface area (Å²) in [6.07, 6.45) is 19.2. The molecule has 1 aliphatic carbocycles. The molecule has 0 radical (unpaired) electrons. The van der Waals surface area contributed by atoms with Gasteiger partial charge in [0.15, 0.2) is 0 Å². The van der Waals surface area contributed by atoms with E-state index in [-0.39, 0.29) is 0 Å². The Hall–Kier alpha value is -1.30. The van der Waals surface area contributed by atoms with Crippen molar-refractivity contribution in [2.45, 2.75) is 39.0 Å². The summed E-state index contributed by atoms with van der Waals surface area (Å²) in [5, 5.41) is 0. The van der Waals surface area contributed by atoms with E-state index in [4.69, 9.17) is 0 Å². The average Bonchev–Trinajstić information content (AvgIpc) is 3.14. The second-order valence-corrected chi connectivity index (χ2v) is 4.68. The molecule has 0 heterocycles. The van der Waals surface area contributed by atoms with Crippen LogP contribution in [0.3, 0.4) is 0 Å². The first-order valence-corrected chi connectivity index (χ1v) is 6.58. The van der Waals surface area contributed by atoms with Crippen molar-refractivity contribution in [3.8, 4) is 0 Å². The SMILES string of the molecule is C=CC(/C=C\C(=C)/C=C/CCCC1CC1)=C/C. The minimum absolute atomic E-state index is 1.05. The van der Waals surface area contributed by atoms with Crippen molar-refractivity contribution in [1.82, 2.24) is 0 Å². The first kappa shape index (κ1) is 13.8. The van der Waals surface area contributed by atoms with Gasteiger partial charge in [0, 0.05) is 0 Å². The van der Waals surface area contributed by atoms with E-state index in [1.807, 2.05) is 31.2 Å². The maximum Gasteiger partial charge on any atom is -0.0305 e. The summed E-state index contributed by atoms with van der Waals surface area (Å²) in [6.45, 7) is 9.77. The molecule has 1 saturated carbocycles. The Morgan fingerprint density at radius 3 is 2.59 bits per heavy atom. The first-order valence-electron chi connectivity index (χ1n) is 6.58. The number of hydrogen-bond acceptors (Lipinski definition) is 0. The first-order chi connectivity index (χ1) is 8.26. The van der Waals surface area contributed by atoms with Crippen LogP contribution in [0.25, 0.3) is 0 Å². The minimum atomic E-state index is 1.05. The lowest BCUT2D eigenvalue weighted by atomic mass is 10.1. The highest BCUT2D eigenvalue weighted by Gasteiger charge is 2.19. The van der Waals surface area contributed by atoms with E-state index in [2.05, 4.69) is 25.3 Å². The van der Waals surface area contributed by atoms with Gasteiger partial charge in [-0.1, -0.05) is 68.9 Å². The van der Waals surface area contributed by atoms with Gasteiger partial charge in [0.25, 0.3) is 0 Å². The van der Waals surface area contributed by atoms with Gasteiger partial charge in [0.1, 0.15) is 0 Å². The molecular formula is C17H24. The molecule has 0 unspecified atom stereocenters. The quantitative estimate of drug-likeness (QED) is 0.387. The van der Waals surface area contributed by atoms with Crippen LogP contribution < -0.4 is 0 Å². The normalized spacial score (nSPS) is 16.9. The van der Waals surface area contributed by atoms with Crippen molar-refractivity contribution < 1.29 is 0 Å². The molecule has 0 aromatic carbocycles. The van der Waals surface area contributed by atoms with E-state index in [1.54, 1.807) is 0 Å². The number of rotatable bonds is 8. The lowest BCUT2D eigenvalue weighted by Crippen LogP contribution is -1.76. The van der Waals surface area contributed by atoms with Crippen LogP contribution in [0.1, 0.15) is 39.0 Å². The fraction of sp³-hybridized carbons (Fsp3) is 0.412. The maximum atomic E-state index is 4.01. The third-order valence-electron chi connectivity index (χ3n) is 3.07. The molecule has 0 spiro atoms. The van der Waals surface area contributed by atoms with Crippen molar-refractivity contribution >= 4 is 0 Å². The molecule has 0 nitrogen and oxygen atoms in total. The third-order valence-corrected chi connectivity index (χ3v) is 3.07. The van der Waals surface area contributed by atoms with Crippen LogP contribution in [-0.2, 0) is 0 Å². The van der Waals surface area contributed by atoms with Crippen molar-refractivity contribution in [2.75, 3.05) is 0 Å². The molecule has 0 aromatic rings. The largest absolute Gasteiger partial charge is 0.0985 e. The Morgan fingerprint density at radius 2 is 2.00 bits per heavy atom. The second-order valence-electron chi connectivity index (χ2n) is 4.68. The van der Waals surface area contributed by atoms with Gasteiger partial charge >= 0.3 is 0 Å². The summed E-state index contributed by atoms with van der Waals surface area (Å²) < 4.78 is 0. The van der Waals surface area contributed by atoms with Gasteiger partial charge < -0.3 is 0 Å². The lowest BCUT2D eigenvalue weighted by Gasteiger charge is -1.94. The van der Waals surface area contributed by atoms with Crippen LogP contribution >= 0.6 is 0 Å². The van der Waals surface area contributed by atoms with Gasteiger partial charge in [0.2, 0.25) is 0 Å². The van der Waals surface area contributed by atoms with Crippen molar-refractivity contribution in [3.63, 3.8) is 0 Å². The summed E-state index contributed by atoms with van der Waals surface area (Å²) in [4.78, 5) is 0. The Balaban J connectivity index is 2.18. The maximum absolute atomic E-state index is 4.01. The molecule has 17 heavy (non-hydrogen) atoms. The Bertz CT molecular complexity index is 335. The van der Waals surface area contributed by atoms with Gasteiger partial charge in [-0.25, -0.2) is 0 Å². The smallest absolute Gasteiger partial charge is 0.0305 e. The predicted molar refractivity (Wildman–Crippen MR) is 77.9 cm³/mol. The van der Waals surface area contributed by atoms with Gasteiger partial charge in [-0.05, 0) is 36.8 Å². The van der Waals surface area contributed by atoms with Crippen molar-refractivity contribution in [2.24, 2.45) is 5.92 Å². The van der Waals surface area contributed by atoms with Crippen LogP contribution in [0.4, 0.5) is 0 Å². The number of hydrogen-bond donors (Lipinski definition) is 0. The highest BCUT2D eigenvalue weighted by Crippen LogP contribution is 2.33. The lowest BCUT2D eigenvalue weighted by molar-refractivity contribution is 0.675. The highest BCUT2D eigenvalue weighted by atomic mass is 14.2. The van der Waals surface area contributed by atoms with Crippen molar-refractivity contribution in [1.29, 1.82) is 0 Å². The fourth-order valence-corrected chi connectivity index (χ4v) is 1.71. The molecule has 0 amide bonds. The van der Waals surface area contributed by atoms with E-state index in [1.165, 1.54) is 32.1 Å². The summed E-state index contributed by atoms with van der Waals surface area (Å²) in [5.74, 6) is 1.05. The Morgan fingerprint density at radius 1 is 1.24 bits per heavy atom. The summed E-state index contributed by atoms with van der Waals surface area (Å²) in [6, 6.07) is 0. The number of allylic oxidation sites excluding steroid dienone is 8. The third kappa shape index (κ3) is 6.78. The second kappa shape index (κ2) is 7.89. The van der Waals surface area contributed by atoms with Crippen LogP contribution in [0.15, 0.2) is 60.8 Å².